The number of unbranched alkanes of at least 4 members (excludes halogenated alkanes) is 2. The van der Waals surface area contributed by atoms with Crippen LogP contribution >= 0.6 is 8.58 Å². The topological polar surface area (TPSA) is 54.0 Å². The van der Waals surface area contributed by atoms with Gasteiger partial charge in [0, 0.05) is 11.4 Å². The van der Waals surface area contributed by atoms with Gasteiger partial charge in [0.15, 0.2) is 5.52 Å². The Labute approximate surface area is 193 Å². The summed E-state index contributed by atoms with van der Waals surface area (Å²) in [6, 6.07) is 11.0. The summed E-state index contributed by atoms with van der Waals surface area (Å²) in [4.78, 5) is 13.1. The number of carbonyl (C=O) groups is 1. The first-order valence-corrected chi connectivity index (χ1v) is 11.1. The van der Waals surface area contributed by atoms with E-state index >= 15 is 0 Å². The third kappa shape index (κ3) is 7.55. The number of ether oxygens (including phenoxy) is 4. The van der Waals surface area contributed by atoms with Gasteiger partial charge in [-0.1, -0.05) is 32.8 Å². The van der Waals surface area contributed by atoms with E-state index in [2.05, 4.69) is 13.8 Å². The van der Waals surface area contributed by atoms with Crippen molar-refractivity contribution in [3.63, 3.8) is 0 Å². The van der Waals surface area contributed by atoms with E-state index in [1.807, 2.05) is 18.2 Å². The summed E-state index contributed by atoms with van der Waals surface area (Å²) in [6.07, 6.45) is 4.08. The first-order valence-electron chi connectivity index (χ1n) is 10.1. The molecule has 0 amide bonds. The van der Waals surface area contributed by atoms with Crippen LogP contribution in [0.1, 0.15) is 49.9 Å². The van der Waals surface area contributed by atoms with E-state index < -0.39 is 0 Å². The van der Waals surface area contributed by atoms with Gasteiger partial charge in [0.2, 0.25) is 0 Å². The van der Waals surface area contributed by atoms with Gasteiger partial charge in [0.1, 0.15) is 28.6 Å². The summed E-state index contributed by atoms with van der Waals surface area (Å²) >= 11 is 0. The minimum Gasteiger partial charge on any atom is -0.496 e. The summed E-state index contributed by atoms with van der Waals surface area (Å²) in [5.74, 6) is 2.48. The van der Waals surface area contributed by atoms with Gasteiger partial charge in [-0.25, -0.2) is 0 Å². The summed E-state index contributed by atoms with van der Waals surface area (Å²) in [7, 11) is 2.99. The second kappa shape index (κ2) is 14.4. The predicted octanol–water partition coefficient (Wildman–Crippen LogP) is 2.21. The van der Waals surface area contributed by atoms with Crippen LogP contribution in [0.4, 0.5) is 0 Å². The smallest absolute Gasteiger partial charge is 0.496 e. The maximum absolute atomic E-state index is 13.1. The van der Waals surface area contributed by atoms with Crippen molar-refractivity contribution in [2.45, 2.75) is 39.5 Å². The van der Waals surface area contributed by atoms with Crippen LogP contribution in [0.2, 0.25) is 0 Å². The van der Waals surface area contributed by atoms with E-state index in [9.17, 15) is 4.79 Å². The van der Waals surface area contributed by atoms with Crippen molar-refractivity contribution in [1.29, 1.82) is 0 Å². The molecule has 5 nitrogen and oxygen atoms in total. The van der Waals surface area contributed by atoms with Crippen LogP contribution < -0.4 is 43.1 Å². The molecule has 0 aromatic heterocycles. The van der Waals surface area contributed by atoms with Gasteiger partial charge in [-0.15, -0.1) is 0 Å². The predicted molar refractivity (Wildman–Crippen MR) is 119 cm³/mol. The molecule has 0 spiro atoms. The van der Waals surface area contributed by atoms with Gasteiger partial charge >= 0.3 is 18.9 Å². The third-order valence-electron chi connectivity index (χ3n) is 4.38. The zero-order valence-electron chi connectivity index (χ0n) is 18.7. The quantitative estimate of drug-likeness (QED) is 0.280. The first-order chi connectivity index (χ1) is 14.1. The second-order valence-electron chi connectivity index (χ2n) is 6.55. The van der Waals surface area contributed by atoms with E-state index in [1.165, 1.54) is 0 Å². The molecule has 2 aromatic rings. The fourth-order valence-electron chi connectivity index (χ4n) is 2.74. The van der Waals surface area contributed by atoms with E-state index in [0.717, 1.165) is 36.7 Å². The van der Waals surface area contributed by atoms with Gasteiger partial charge < -0.3 is 18.9 Å². The van der Waals surface area contributed by atoms with Crippen LogP contribution in [0.15, 0.2) is 36.4 Å². The third-order valence-corrected chi connectivity index (χ3v) is 5.54. The molecule has 1 atom stereocenters. The van der Waals surface area contributed by atoms with E-state index in [-0.39, 0.29) is 33.0 Å². The molecule has 0 saturated carbocycles. The average molecular weight is 425 g/mol. The van der Waals surface area contributed by atoms with Crippen molar-refractivity contribution >= 4 is 19.4 Å². The Morgan fingerprint density at radius 2 is 1.47 bits per heavy atom. The molecule has 30 heavy (non-hydrogen) atoms. The van der Waals surface area contributed by atoms with Crippen molar-refractivity contribution < 1.29 is 42.6 Å². The monoisotopic (exact) mass is 425 g/mol. The number of methoxy groups -OCH3 is 2. The van der Waals surface area contributed by atoms with Gasteiger partial charge in [0.05, 0.1) is 27.4 Å². The molecule has 0 bridgehead atoms. The van der Waals surface area contributed by atoms with Gasteiger partial charge in [-0.05, 0) is 45.7 Å². The van der Waals surface area contributed by atoms with Crippen molar-refractivity contribution in [2.24, 2.45) is 0 Å². The fraction of sp³-hybridized carbons (Fsp3) is 0.435. The summed E-state index contributed by atoms with van der Waals surface area (Å²) in [5, 5.41) is 0.849. The van der Waals surface area contributed by atoms with E-state index in [0.29, 0.717) is 36.0 Å². The molecule has 0 saturated heterocycles. The van der Waals surface area contributed by atoms with E-state index in [4.69, 9.17) is 18.9 Å². The van der Waals surface area contributed by atoms with Crippen LogP contribution in [0.25, 0.3) is 0 Å². The summed E-state index contributed by atoms with van der Waals surface area (Å²) < 4.78 is 22.6. The average Bonchev–Trinajstić information content (AvgIpc) is 2.74. The number of hydrogen-bond donors (Lipinski definition) is 0. The number of benzene rings is 2. The van der Waals surface area contributed by atoms with E-state index in [1.54, 1.807) is 32.4 Å². The van der Waals surface area contributed by atoms with Crippen LogP contribution in [-0.4, -0.2) is 33.0 Å². The van der Waals surface area contributed by atoms with Gasteiger partial charge in [0.25, 0.3) is 0 Å². The van der Waals surface area contributed by atoms with Gasteiger partial charge in [-0.3, -0.25) is 4.79 Å². The Morgan fingerprint density at radius 3 is 2.03 bits per heavy atom. The Kier molecular flexibility index (Phi) is 12.6. The van der Waals surface area contributed by atoms with Gasteiger partial charge in [-0.2, -0.15) is 0 Å². The zero-order chi connectivity index (χ0) is 21.1. The normalized spacial score (nSPS) is 10.5. The number of hydrogen-bond acceptors (Lipinski definition) is 5. The summed E-state index contributed by atoms with van der Waals surface area (Å²) in [5.41, 5.74) is 0.401. The van der Waals surface area contributed by atoms with Crippen molar-refractivity contribution in [1.82, 2.24) is 0 Å². The van der Waals surface area contributed by atoms with Crippen molar-refractivity contribution in [3.05, 3.63) is 42.0 Å². The minimum absolute atomic E-state index is 0. The molecule has 0 fully saturated rings. The second-order valence-corrected chi connectivity index (χ2v) is 7.80. The van der Waals surface area contributed by atoms with Crippen molar-refractivity contribution in [2.75, 3.05) is 27.4 Å². The standard InChI is InChI=1S/C23H31O5P.Li/c1-5-7-14-27-17-12-13-21(20(16-17)28-15-8-6-2)29-23(24)22-18(25-3)10-9-11-19(22)26-4;/h9-13,16,29H,5-8,14-15H2,1-4H3;/q;+1. The van der Waals surface area contributed by atoms with Crippen LogP contribution in [0.5, 0.6) is 23.0 Å². The molecule has 2 rings (SSSR count). The van der Waals surface area contributed by atoms with Crippen molar-refractivity contribution in [3.8, 4) is 23.0 Å². The Bertz CT molecular complexity index is 775. The molecule has 0 radical (unpaired) electrons. The first kappa shape index (κ1) is 26.4. The molecular formula is C23H31LiO5P+. The molecule has 0 aliphatic rings. The van der Waals surface area contributed by atoms with Crippen LogP contribution in [-0.2, 0) is 0 Å². The molecule has 0 aliphatic heterocycles. The maximum Gasteiger partial charge on any atom is 1.00 e. The molecule has 0 aliphatic carbocycles. The molecular weight excluding hydrogens is 394 g/mol. The SMILES string of the molecule is CCCCOc1ccc(PC(=O)c2c(OC)cccc2OC)c(OCCCC)c1.[Li+]. The molecule has 7 heteroatoms. The Balaban J connectivity index is 0.00000450. The minimum atomic E-state index is -0.115. The maximum atomic E-state index is 13.1. The number of carbonyl (C=O) groups excluding carboxylic acids is 1. The molecule has 1 unspecified atom stereocenters. The molecule has 0 N–H and O–H groups in total. The molecule has 2 aromatic carbocycles. The van der Waals surface area contributed by atoms with Crippen LogP contribution in [0.3, 0.4) is 0 Å². The largest absolute Gasteiger partial charge is 1.00 e. The number of rotatable bonds is 13. The molecule has 0 heterocycles. The Hall–Kier alpha value is -1.66. The zero-order valence-corrected chi connectivity index (χ0v) is 19.7. The Morgan fingerprint density at radius 1 is 0.867 bits per heavy atom. The van der Waals surface area contributed by atoms with Crippen LogP contribution in [0, 0.1) is 0 Å². The summed E-state index contributed by atoms with van der Waals surface area (Å²) in [6.45, 7) is 5.53. The fourth-order valence-corrected chi connectivity index (χ4v) is 3.79. The molecule has 158 valence electrons.